The van der Waals surface area contributed by atoms with Crippen molar-refractivity contribution in [3.05, 3.63) is 77.9 Å². The summed E-state index contributed by atoms with van der Waals surface area (Å²) in [6, 6.07) is 16.4. The molecule has 0 bridgehead atoms. The third-order valence-electron chi connectivity index (χ3n) is 6.73. The van der Waals surface area contributed by atoms with E-state index in [0.717, 1.165) is 56.3 Å². The maximum atomic E-state index is 11.1. The van der Waals surface area contributed by atoms with E-state index < -0.39 is 5.60 Å². The van der Waals surface area contributed by atoms with Gasteiger partial charge in [0.2, 0.25) is 0 Å². The molecule has 1 aliphatic rings. The second-order valence-corrected chi connectivity index (χ2v) is 10.1. The molecule has 0 unspecified atom stereocenters. The van der Waals surface area contributed by atoms with Crippen LogP contribution in [0.3, 0.4) is 0 Å². The van der Waals surface area contributed by atoms with Crippen molar-refractivity contribution in [3.8, 4) is 11.5 Å². The van der Waals surface area contributed by atoms with Crippen molar-refractivity contribution in [2.45, 2.75) is 64.6 Å². The molecule has 6 heteroatoms. The van der Waals surface area contributed by atoms with E-state index in [2.05, 4.69) is 59.5 Å². The summed E-state index contributed by atoms with van der Waals surface area (Å²) >= 11 is 0. The van der Waals surface area contributed by atoms with Gasteiger partial charge in [0.15, 0.2) is 0 Å². The van der Waals surface area contributed by atoms with Gasteiger partial charge in [-0.15, -0.1) is 0 Å². The highest BCUT2D eigenvalue weighted by atomic mass is 16.5. The predicted molar refractivity (Wildman–Crippen MR) is 139 cm³/mol. The summed E-state index contributed by atoms with van der Waals surface area (Å²) in [7, 11) is 0. The van der Waals surface area contributed by atoms with E-state index in [4.69, 9.17) is 9.47 Å². The largest absolute Gasteiger partial charge is 0.492 e. The maximum Gasteiger partial charge on any atom is 0.119 e. The molecule has 0 radical (unpaired) electrons. The lowest BCUT2D eigenvalue weighted by Crippen LogP contribution is -2.37. The van der Waals surface area contributed by atoms with Gasteiger partial charge in [-0.1, -0.05) is 43.7 Å². The smallest absolute Gasteiger partial charge is 0.119 e. The van der Waals surface area contributed by atoms with Crippen molar-refractivity contribution in [1.82, 2.24) is 14.5 Å². The van der Waals surface area contributed by atoms with Gasteiger partial charge < -0.3 is 19.1 Å². The molecule has 0 amide bonds. The average molecular weight is 478 g/mol. The summed E-state index contributed by atoms with van der Waals surface area (Å²) in [5.74, 6) is 3.20. The first-order valence-electron chi connectivity index (χ1n) is 12.8. The van der Waals surface area contributed by atoms with Crippen molar-refractivity contribution in [3.63, 3.8) is 0 Å². The fraction of sp³-hybridized carbons (Fsp3) is 0.483. The van der Waals surface area contributed by atoms with Crippen molar-refractivity contribution < 1.29 is 14.6 Å². The van der Waals surface area contributed by atoms with E-state index in [1.807, 2.05) is 36.7 Å². The Kier molecular flexibility index (Phi) is 8.47. The van der Waals surface area contributed by atoms with E-state index >= 15 is 0 Å². The number of aliphatic hydroxyl groups is 1. The number of hydrogen-bond donors (Lipinski definition) is 1. The molecule has 1 saturated heterocycles. The summed E-state index contributed by atoms with van der Waals surface area (Å²) in [5.41, 5.74) is 1.69. The van der Waals surface area contributed by atoms with Crippen LogP contribution in [0.25, 0.3) is 0 Å². The molecule has 1 N–H and O–H groups in total. The summed E-state index contributed by atoms with van der Waals surface area (Å²) in [4.78, 5) is 6.85. The number of aromatic nitrogens is 2. The zero-order valence-corrected chi connectivity index (χ0v) is 21.3. The number of benzene rings is 2. The van der Waals surface area contributed by atoms with Gasteiger partial charge >= 0.3 is 0 Å². The molecule has 188 valence electrons. The lowest BCUT2D eigenvalue weighted by molar-refractivity contribution is -0.0168. The average Bonchev–Trinajstić information content (AvgIpc) is 3.24. The van der Waals surface area contributed by atoms with Crippen LogP contribution in [0.4, 0.5) is 0 Å². The van der Waals surface area contributed by atoms with Crippen LogP contribution in [0.2, 0.25) is 0 Å². The highest BCUT2D eigenvalue weighted by Crippen LogP contribution is 2.25. The fourth-order valence-electron chi connectivity index (χ4n) is 4.61. The zero-order chi connectivity index (χ0) is 24.7. The minimum absolute atomic E-state index is 0.341. The van der Waals surface area contributed by atoms with E-state index in [9.17, 15) is 5.11 Å². The third-order valence-corrected chi connectivity index (χ3v) is 6.73. The zero-order valence-electron chi connectivity index (χ0n) is 21.3. The van der Waals surface area contributed by atoms with Crippen LogP contribution in [0.5, 0.6) is 11.5 Å². The number of hydrogen-bond acceptors (Lipinski definition) is 5. The van der Waals surface area contributed by atoms with Crippen molar-refractivity contribution in [2.75, 3.05) is 26.3 Å². The first-order valence-corrected chi connectivity index (χ1v) is 12.8. The van der Waals surface area contributed by atoms with Gasteiger partial charge in [-0.05, 0) is 62.6 Å². The van der Waals surface area contributed by atoms with Gasteiger partial charge in [-0.3, -0.25) is 4.90 Å². The molecule has 1 aliphatic heterocycles. The van der Waals surface area contributed by atoms with Crippen LogP contribution in [0.1, 0.15) is 56.0 Å². The van der Waals surface area contributed by atoms with E-state index in [1.165, 1.54) is 11.1 Å². The Morgan fingerprint density at radius 2 is 1.69 bits per heavy atom. The van der Waals surface area contributed by atoms with Crippen LogP contribution in [0, 0.1) is 6.92 Å². The number of rotatable bonds is 10. The lowest BCUT2D eigenvalue weighted by atomic mass is 9.96. The van der Waals surface area contributed by atoms with E-state index in [0.29, 0.717) is 25.6 Å². The van der Waals surface area contributed by atoms with Crippen LogP contribution in [0.15, 0.2) is 60.9 Å². The first-order chi connectivity index (χ1) is 16.9. The van der Waals surface area contributed by atoms with Gasteiger partial charge in [0, 0.05) is 31.4 Å². The van der Waals surface area contributed by atoms with Gasteiger partial charge in [-0.25, -0.2) is 4.98 Å². The highest BCUT2D eigenvalue weighted by molar-refractivity contribution is 5.27. The minimum Gasteiger partial charge on any atom is -0.492 e. The number of ether oxygens (including phenoxy) is 2. The number of likely N-dealkylation sites (tertiary alicyclic amines) is 1. The van der Waals surface area contributed by atoms with Crippen LogP contribution in [-0.4, -0.2) is 51.5 Å². The Balaban J connectivity index is 1.22. The van der Waals surface area contributed by atoms with Gasteiger partial charge in [0.1, 0.15) is 30.5 Å². The summed E-state index contributed by atoms with van der Waals surface area (Å²) < 4.78 is 14.0. The van der Waals surface area contributed by atoms with Crippen LogP contribution < -0.4 is 9.47 Å². The van der Waals surface area contributed by atoms with Crippen LogP contribution >= 0.6 is 0 Å². The second-order valence-electron chi connectivity index (χ2n) is 10.1. The van der Waals surface area contributed by atoms with Gasteiger partial charge in [-0.2, -0.15) is 0 Å². The standard InChI is InChI=1S/C29H39N3O3/c1-23(2)28-30-15-18-32(28)19-20-34-26-11-7-25(8-12-26)21-31-16-4-13-29(33,14-17-31)22-35-27-9-5-24(3)6-10-27/h5-12,15,18,23,33H,4,13-14,16-17,19-22H2,1-3H3/t29-/m1/s1. The number of aryl methyl sites for hydroxylation is 1. The van der Waals surface area contributed by atoms with Crippen molar-refractivity contribution in [1.29, 1.82) is 0 Å². The topological polar surface area (TPSA) is 59.8 Å². The molecule has 0 aliphatic carbocycles. The Bertz CT molecular complexity index is 1050. The monoisotopic (exact) mass is 477 g/mol. The molecule has 2 aromatic carbocycles. The molecule has 1 atom stereocenters. The second kappa shape index (κ2) is 11.7. The van der Waals surface area contributed by atoms with Crippen LogP contribution in [-0.2, 0) is 13.1 Å². The van der Waals surface area contributed by atoms with E-state index in [1.54, 1.807) is 0 Å². The molecule has 1 fully saturated rings. The lowest BCUT2D eigenvalue weighted by Gasteiger charge is -2.27. The number of imidazole rings is 1. The predicted octanol–water partition coefficient (Wildman–Crippen LogP) is 5.19. The number of nitrogens with zero attached hydrogens (tertiary/aromatic N) is 3. The van der Waals surface area contributed by atoms with Crippen molar-refractivity contribution >= 4 is 0 Å². The molecule has 4 rings (SSSR count). The van der Waals surface area contributed by atoms with E-state index in [-0.39, 0.29) is 0 Å². The van der Waals surface area contributed by atoms with Gasteiger partial charge in [0.05, 0.1) is 12.1 Å². The maximum absolute atomic E-state index is 11.1. The molecule has 6 nitrogen and oxygen atoms in total. The Hall–Kier alpha value is -2.83. The molecule has 2 heterocycles. The quantitative estimate of drug-likeness (QED) is 0.435. The molecular formula is C29H39N3O3. The normalized spacial score (nSPS) is 19.0. The molecule has 0 spiro atoms. The minimum atomic E-state index is -0.776. The molecule has 1 aromatic heterocycles. The molecule has 35 heavy (non-hydrogen) atoms. The fourth-order valence-corrected chi connectivity index (χ4v) is 4.61. The molecule has 3 aromatic rings. The Labute approximate surface area is 209 Å². The molecule has 0 saturated carbocycles. The Morgan fingerprint density at radius 3 is 2.43 bits per heavy atom. The molecular weight excluding hydrogens is 438 g/mol. The summed E-state index contributed by atoms with van der Waals surface area (Å²) in [6.45, 7) is 10.8. The summed E-state index contributed by atoms with van der Waals surface area (Å²) in [5, 5.41) is 11.1. The summed E-state index contributed by atoms with van der Waals surface area (Å²) in [6.07, 6.45) is 6.30. The first kappa shape index (κ1) is 25.3. The third kappa shape index (κ3) is 7.33. The van der Waals surface area contributed by atoms with Gasteiger partial charge in [0.25, 0.3) is 0 Å². The highest BCUT2D eigenvalue weighted by Gasteiger charge is 2.31. The Morgan fingerprint density at radius 1 is 0.971 bits per heavy atom. The van der Waals surface area contributed by atoms with Crippen molar-refractivity contribution in [2.24, 2.45) is 0 Å². The SMILES string of the molecule is Cc1ccc(OC[C@@]2(O)CCCN(Cc3ccc(OCCn4ccnc4C(C)C)cc3)CC2)cc1.